The maximum absolute atomic E-state index is 12.0. The lowest BCUT2D eigenvalue weighted by Crippen LogP contribution is -2.51. The number of aliphatic hydroxyl groups is 1. The number of amides is 1. The van der Waals surface area contributed by atoms with Gasteiger partial charge in [-0.25, -0.2) is 4.79 Å². The number of rotatable bonds is 9. The molecule has 6 nitrogen and oxygen atoms in total. The van der Waals surface area contributed by atoms with E-state index in [1.807, 2.05) is 6.92 Å². The van der Waals surface area contributed by atoms with Gasteiger partial charge in [0.25, 0.3) is 5.91 Å². The number of carbonyl (C=O) groups is 2. The lowest BCUT2D eigenvalue weighted by atomic mass is 9.84. The summed E-state index contributed by atoms with van der Waals surface area (Å²) in [5.74, 6) is -1.29. The number of hydrogen-bond donors (Lipinski definition) is 4. The normalized spacial score (nSPS) is 20.1. The molecular formula is C16H30N2O4. The van der Waals surface area contributed by atoms with E-state index in [9.17, 15) is 14.7 Å². The fourth-order valence-electron chi connectivity index (χ4n) is 3.05. The molecule has 1 rings (SSSR count). The van der Waals surface area contributed by atoms with Crippen LogP contribution in [0.25, 0.3) is 0 Å². The number of aliphatic carboxylic acids is 1. The van der Waals surface area contributed by atoms with Gasteiger partial charge in [-0.05, 0) is 18.8 Å². The molecule has 2 unspecified atom stereocenters. The Labute approximate surface area is 132 Å². The van der Waals surface area contributed by atoms with Crippen LogP contribution < -0.4 is 11.1 Å². The predicted octanol–water partition coefficient (Wildman–Crippen LogP) is 1.40. The highest BCUT2D eigenvalue weighted by atomic mass is 16.4. The topological polar surface area (TPSA) is 113 Å². The summed E-state index contributed by atoms with van der Waals surface area (Å²) in [6.07, 6.45) is 6.98. The summed E-state index contributed by atoms with van der Waals surface area (Å²) in [6.45, 7) is 1.95. The minimum absolute atomic E-state index is 0.363. The predicted molar refractivity (Wildman–Crippen MR) is 84.3 cm³/mol. The zero-order valence-corrected chi connectivity index (χ0v) is 13.5. The summed E-state index contributed by atoms with van der Waals surface area (Å²) in [4.78, 5) is 23.1. The third-order valence-corrected chi connectivity index (χ3v) is 4.47. The molecule has 3 atom stereocenters. The average molecular weight is 314 g/mol. The Kier molecular flexibility index (Phi) is 8.42. The van der Waals surface area contributed by atoms with Crippen molar-refractivity contribution in [1.29, 1.82) is 0 Å². The van der Waals surface area contributed by atoms with Crippen LogP contribution >= 0.6 is 0 Å². The van der Waals surface area contributed by atoms with Crippen molar-refractivity contribution >= 4 is 11.9 Å². The second kappa shape index (κ2) is 9.79. The van der Waals surface area contributed by atoms with Crippen LogP contribution in [0, 0.1) is 5.92 Å². The number of carboxylic acid groups (broad SMARTS) is 1. The van der Waals surface area contributed by atoms with E-state index in [1.165, 1.54) is 19.3 Å². The molecule has 0 bridgehead atoms. The first-order valence-electron chi connectivity index (χ1n) is 8.42. The van der Waals surface area contributed by atoms with Crippen LogP contribution in [0.4, 0.5) is 0 Å². The van der Waals surface area contributed by atoms with Crippen LogP contribution in [-0.4, -0.2) is 40.3 Å². The van der Waals surface area contributed by atoms with Gasteiger partial charge in [-0.3, -0.25) is 4.79 Å². The first-order chi connectivity index (χ1) is 10.5. The number of unbranched alkanes of at least 4 members (excludes halogenated alkanes) is 1. The first kappa shape index (κ1) is 18.9. The SMILES string of the molecule is CCCCC(NC(=O)C(O)[C@H](N)CC1CCCCC1)C(=O)O. The summed E-state index contributed by atoms with van der Waals surface area (Å²) in [7, 11) is 0. The highest BCUT2D eigenvalue weighted by Gasteiger charge is 2.29. The van der Waals surface area contributed by atoms with Crippen LogP contribution in [0.5, 0.6) is 0 Å². The highest BCUT2D eigenvalue weighted by Crippen LogP contribution is 2.27. The Morgan fingerprint density at radius 3 is 2.45 bits per heavy atom. The monoisotopic (exact) mass is 314 g/mol. The first-order valence-corrected chi connectivity index (χ1v) is 8.42. The van der Waals surface area contributed by atoms with Crippen molar-refractivity contribution in [2.45, 2.75) is 82.9 Å². The second-order valence-electron chi connectivity index (χ2n) is 6.39. The van der Waals surface area contributed by atoms with E-state index in [0.717, 1.165) is 19.3 Å². The zero-order valence-electron chi connectivity index (χ0n) is 13.5. The second-order valence-corrected chi connectivity index (χ2v) is 6.39. The Hall–Kier alpha value is -1.14. The molecule has 0 saturated heterocycles. The van der Waals surface area contributed by atoms with Gasteiger partial charge in [-0.1, -0.05) is 51.9 Å². The third-order valence-electron chi connectivity index (χ3n) is 4.47. The largest absolute Gasteiger partial charge is 0.480 e. The Bertz CT molecular complexity index is 356. The van der Waals surface area contributed by atoms with Crippen LogP contribution in [0.15, 0.2) is 0 Å². The van der Waals surface area contributed by atoms with Gasteiger partial charge in [-0.15, -0.1) is 0 Å². The number of hydrogen-bond acceptors (Lipinski definition) is 4. The zero-order chi connectivity index (χ0) is 16.5. The smallest absolute Gasteiger partial charge is 0.326 e. The Balaban J connectivity index is 2.45. The molecular weight excluding hydrogens is 284 g/mol. The molecule has 0 spiro atoms. The lowest BCUT2D eigenvalue weighted by molar-refractivity contribution is -0.144. The summed E-state index contributed by atoms with van der Waals surface area (Å²) >= 11 is 0. The fraction of sp³-hybridized carbons (Fsp3) is 0.875. The van der Waals surface area contributed by atoms with E-state index in [1.54, 1.807) is 0 Å². The van der Waals surface area contributed by atoms with Gasteiger partial charge in [0.2, 0.25) is 0 Å². The fourth-order valence-corrected chi connectivity index (χ4v) is 3.05. The van der Waals surface area contributed by atoms with Crippen LogP contribution in [0.1, 0.15) is 64.7 Å². The van der Waals surface area contributed by atoms with Gasteiger partial charge in [0, 0.05) is 6.04 Å². The third kappa shape index (κ3) is 6.32. The maximum atomic E-state index is 12.0. The van der Waals surface area contributed by atoms with Crippen molar-refractivity contribution in [2.75, 3.05) is 0 Å². The minimum atomic E-state index is -1.34. The molecule has 128 valence electrons. The van der Waals surface area contributed by atoms with Gasteiger partial charge < -0.3 is 21.3 Å². The maximum Gasteiger partial charge on any atom is 0.326 e. The number of nitrogens with one attached hydrogen (secondary N) is 1. The molecule has 1 amide bonds. The number of carboxylic acids is 1. The number of carbonyl (C=O) groups excluding carboxylic acids is 1. The van der Waals surface area contributed by atoms with Crippen molar-refractivity contribution in [2.24, 2.45) is 11.7 Å². The van der Waals surface area contributed by atoms with Gasteiger partial charge in [0.1, 0.15) is 12.1 Å². The van der Waals surface area contributed by atoms with Crippen LogP contribution in [0.2, 0.25) is 0 Å². The van der Waals surface area contributed by atoms with E-state index in [2.05, 4.69) is 5.32 Å². The summed E-state index contributed by atoms with van der Waals surface area (Å²) in [5, 5.41) is 21.5. The molecule has 1 fully saturated rings. The van der Waals surface area contributed by atoms with E-state index >= 15 is 0 Å². The van der Waals surface area contributed by atoms with E-state index in [-0.39, 0.29) is 0 Å². The van der Waals surface area contributed by atoms with Crippen molar-refractivity contribution in [3.63, 3.8) is 0 Å². The van der Waals surface area contributed by atoms with E-state index < -0.39 is 30.1 Å². The Morgan fingerprint density at radius 1 is 1.27 bits per heavy atom. The molecule has 6 heteroatoms. The van der Waals surface area contributed by atoms with Crippen molar-refractivity contribution in [3.8, 4) is 0 Å². The Morgan fingerprint density at radius 2 is 1.91 bits per heavy atom. The molecule has 0 aromatic heterocycles. The summed E-state index contributed by atoms with van der Waals surface area (Å²) in [5.41, 5.74) is 5.94. The molecule has 1 aliphatic rings. The molecule has 0 aliphatic heterocycles. The minimum Gasteiger partial charge on any atom is -0.480 e. The van der Waals surface area contributed by atoms with Gasteiger partial charge in [0.15, 0.2) is 0 Å². The van der Waals surface area contributed by atoms with E-state index in [0.29, 0.717) is 25.2 Å². The van der Waals surface area contributed by atoms with Gasteiger partial charge in [-0.2, -0.15) is 0 Å². The van der Waals surface area contributed by atoms with E-state index in [4.69, 9.17) is 10.8 Å². The highest BCUT2D eigenvalue weighted by molar-refractivity contribution is 5.86. The van der Waals surface area contributed by atoms with Crippen molar-refractivity contribution in [3.05, 3.63) is 0 Å². The van der Waals surface area contributed by atoms with Crippen molar-refractivity contribution in [1.82, 2.24) is 5.32 Å². The molecule has 0 heterocycles. The quantitative estimate of drug-likeness (QED) is 0.514. The van der Waals surface area contributed by atoms with Crippen LogP contribution in [0.3, 0.4) is 0 Å². The molecule has 0 aromatic rings. The van der Waals surface area contributed by atoms with Gasteiger partial charge >= 0.3 is 5.97 Å². The summed E-state index contributed by atoms with van der Waals surface area (Å²) < 4.78 is 0. The number of nitrogens with two attached hydrogens (primary N) is 1. The summed E-state index contributed by atoms with van der Waals surface area (Å²) in [6, 6.07) is -1.59. The molecule has 0 aromatic carbocycles. The molecule has 5 N–H and O–H groups in total. The average Bonchev–Trinajstić information content (AvgIpc) is 2.51. The number of aliphatic hydroxyl groups excluding tert-OH is 1. The molecule has 22 heavy (non-hydrogen) atoms. The van der Waals surface area contributed by atoms with Gasteiger partial charge in [0.05, 0.1) is 0 Å². The molecule has 0 radical (unpaired) electrons. The van der Waals surface area contributed by atoms with Crippen LogP contribution in [-0.2, 0) is 9.59 Å². The molecule has 1 saturated carbocycles. The standard InChI is InChI=1S/C16H30N2O4/c1-2-3-9-13(16(21)22)18-15(20)14(19)12(17)10-11-7-5-4-6-8-11/h11-14,19H,2-10,17H2,1H3,(H,18,20)(H,21,22)/t12-,13?,14?/m1/s1. The molecule has 1 aliphatic carbocycles. The van der Waals surface area contributed by atoms with Crippen molar-refractivity contribution < 1.29 is 19.8 Å². The lowest BCUT2D eigenvalue weighted by Gasteiger charge is -2.27.